The third-order valence-electron chi connectivity index (χ3n) is 2.13. The first kappa shape index (κ1) is 8.09. The number of hydrogen-bond donors (Lipinski definition) is 0. The minimum absolute atomic E-state index is 0.275. The molecule has 1 amide bonds. The van der Waals surface area contributed by atoms with E-state index in [1.807, 2.05) is 17.0 Å². The average Bonchev–Trinajstić information content (AvgIpc) is 2.77. The third kappa shape index (κ3) is 1.47. The zero-order chi connectivity index (χ0) is 8.39. The van der Waals surface area contributed by atoms with Gasteiger partial charge in [0.2, 0.25) is 0 Å². The van der Waals surface area contributed by atoms with Crippen LogP contribution in [0.3, 0.4) is 0 Å². The van der Waals surface area contributed by atoms with Gasteiger partial charge in [-0.05, 0) is 0 Å². The fourth-order valence-electron chi connectivity index (χ4n) is 1.48. The predicted octanol–water partition coefficient (Wildman–Crippen LogP) is 0.980. The molecule has 0 saturated carbocycles. The second-order valence-electron chi connectivity index (χ2n) is 2.98. The molecule has 0 aliphatic carbocycles. The summed E-state index contributed by atoms with van der Waals surface area (Å²) in [5, 5.41) is 0. The van der Waals surface area contributed by atoms with E-state index in [9.17, 15) is 4.79 Å². The molecule has 0 aromatic carbocycles. The van der Waals surface area contributed by atoms with Crippen LogP contribution in [0, 0.1) is 0 Å². The molecule has 1 saturated heterocycles. The van der Waals surface area contributed by atoms with Crippen LogP contribution in [-0.2, 0) is 0 Å². The Bertz CT molecular complexity index is 262. The van der Waals surface area contributed by atoms with Crippen LogP contribution in [0.15, 0.2) is 17.1 Å². The molecule has 1 aliphatic rings. The summed E-state index contributed by atoms with van der Waals surface area (Å²) >= 11 is 0.305. The van der Waals surface area contributed by atoms with Gasteiger partial charge in [0.15, 0.2) is 0 Å². The van der Waals surface area contributed by atoms with Crippen molar-refractivity contribution in [2.75, 3.05) is 13.1 Å². The van der Waals surface area contributed by atoms with E-state index in [1.165, 1.54) is 12.8 Å². The van der Waals surface area contributed by atoms with Crippen molar-refractivity contribution in [1.82, 2.24) is 4.90 Å². The Balaban J connectivity index is 2.09. The maximum absolute atomic E-state index is 11.7. The van der Waals surface area contributed by atoms with Gasteiger partial charge in [-0.3, -0.25) is 0 Å². The summed E-state index contributed by atoms with van der Waals surface area (Å²) in [4.78, 5) is 15.7. The van der Waals surface area contributed by atoms with Gasteiger partial charge >= 0.3 is 77.5 Å². The van der Waals surface area contributed by atoms with Gasteiger partial charge in [-0.1, -0.05) is 0 Å². The van der Waals surface area contributed by atoms with Crippen LogP contribution in [0.2, 0.25) is 0 Å². The Kier molecular flexibility index (Phi) is 2.33. The molecule has 3 heteroatoms. The predicted molar refractivity (Wildman–Crippen MR) is 48.5 cm³/mol. The van der Waals surface area contributed by atoms with Crippen LogP contribution in [0.5, 0.6) is 0 Å². The van der Waals surface area contributed by atoms with Crippen molar-refractivity contribution in [3.05, 3.63) is 21.5 Å². The Labute approximate surface area is 77.9 Å². The number of hydrogen-bond acceptors (Lipinski definition) is 1. The van der Waals surface area contributed by atoms with E-state index in [4.69, 9.17) is 0 Å². The molecule has 1 fully saturated rings. The fraction of sp³-hybridized carbons (Fsp3) is 0.444. The summed E-state index contributed by atoms with van der Waals surface area (Å²) in [6, 6.07) is 3.95. The second kappa shape index (κ2) is 3.46. The number of carbonyl (C=O) groups excluding carboxylic acids is 1. The normalized spacial score (nSPS) is 16.8. The van der Waals surface area contributed by atoms with E-state index in [1.54, 1.807) is 0 Å². The Morgan fingerprint density at radius 3 is 2.75 bits per heavy atom. The number of rotatable bonds is 1. The van der Waals surface area contributed by atoms with Gasteiger partial charge in [0.1, 0.15) is 0 Å². The van der Waals surface area contributed by atoms with Gasteiger partial charge in [0.05, 0.1) is 0 Å². The number of likely N-dealkylation sites (tertiary alicyclic amines) is 1. The Hall–Kier alpha value is -0.531. The van der Waals surface area contributed by atoms with E-state index in [0.29, 0.717) is 14.5 Å². The quantitative estimate of drug-likeness (QED) is 0.656. The van der Waals surface area contributed by atoms with Crippen molar-refractivity contribution in [3.63, 3.8) is 0 Å². The van der Waals surface area contributed by atoms with Gasteiger partial charge < -0.3 is 0 Å². The molecule has 0 unspecified atom stereocenters. The van der Waals surface area contributed by atoms with Crippen LogP contribution in [0.1, 0.15) is 22.1 Å². The fourth-order valence-corrected chi connectivity index (χ4v) is 2.93. The molecule has 0 bridgehead atoms. The van der Waals surface area contributed by atoms with Crippen molar-refractivity contribution in [1.29, 1.82) is 0 Å². The van der Waals surface area contributed by atoms with E-state index >= 15 is 0 Å². The molecule has 2 heterocycles. The second-order valence-corrected chi connectivity index (χ2v) is 4.96. The number of carbonyl (C=O) groups is 1. The van der Waals surface area contributed by atoms with E-state index in [0.717, 1.165) is 17.5 Å². The van der Waals surface area contributed by atoms with E-state index < -0.39 is 0 Å². The molecule has 2 nitrogen and oxygen atoms in total. The van der Waals surface area contributed by atoms with Crippen LogP contribution in [-0.4, -0.2) is 38.4 Å². The molecule has 0 atom stereocenters. The van der Waals surface area contributed by atoms with Gasteiger partial charge in [-0.15, -0.1) is 0 Å². The van der Waals surface area contributed by atoms with E-state index in [2.05, 4.69) is 4.94 Å². The molecular weight excluding hydrogens is 217 g/mol. The van der Waals surface area contributed by atoms with Gasteiger partial charge in [0, 0.05) is 0 Å². The third-order valence-corrected chi connectivity index (χ3v) is 3.93. The summed E-state index contributed by atoms with van der Waals surface area (Å²) in [5.74, 6) is 0.275. The van der Waals surface area contributed by atoms with Crippen molar-refractivity contribution in [3.8, 4) is 0 Å². The average molecular weight is 228 g/mol. The Morgan fingerprint density at radius 2 is 2.17 bits per heavy atom. The number of amides is 1. The summed E-state index contributed by atoms with van der Waals surface area (Å²) < 4.78 is 1.02. The molecule has 0 spiro atoms. The van der Waals surface area contributed by atoms with Crippen LogP contribution in [0.4, 0.5) is 0 Å². The zero-order valence-electron chi connectivity index (χ0n) is 6.82. The topological polar surface area (TPSA) is 20.3 Å². The number of nitrogens with zero attached hydrogens (tertiary/aromatic N) is 1. The first-order chi connectivity index (χ1) is 5.88. The first-order valence-electron chi connectivity index (χ1n) is 4.21. The zero-order valence-corrected chi connectivity index (χ0v) is 8.54. The van der Waals surface area contributed by atoms with Crippen molar-refractivity contribution < 1.29 is 4.79 Å². The van der Waals surface area contributed by atoms with Crippen LogP contribution >= 0.6 is 0 Å². The summed E-state index contributed by atoms with van der Waals surface area (Å²) in [6.45, 7) is 1.93. The Morgan fingerprint density at radius 1 is 1.42 bits per heavy atom. The van der Waals surface area contributed by atoms with Crippen LogP contribution < -0.4 is 0 Å². The maximum atomic E-state index is 11.7. The summed E-state index contributed by atoms with van der Waals surface area (Å²) in [6.07, 6.45) is 2.36. The molecule has 1 aromatic heterocycles. The van der Waals surface area contributed by atoms with Crippen LogP contribution in [0.25, 0.3) is 0 Å². The van der Waals surface area contributed by atoms with Gasteiger partial charge in [-0.25, -0.2) is 0 Å². The molecule has 12 heavy (non-hydrogen) atoms. The SMILES string of the molecule is O=C(c1ccc[se]1)N1CCCC1. The van der Waals surface area contributed by atoms with E-state index in [-0.39, 0.29) is 5.91 Å². The van der Waals surface area contributed by atoms with Crippen molar-refractivity contribution in [2.24, 2.45) is 0 Å². The molecular formula is C9H11NOSe. The monoisotopic (exact) mass is 229 g/mol. The molecule has 0 N–H and O–H groups in total. The molecule has 64 valence electrons. The molecule has 1 aromatic rings. The van der Waals surface area contributed by atoms with Crippen molar-refractivity contribution in [2.45, 2.75) is 12.8 Å². The van der Waals surface area contributed by atoms with Gasteiger partial charge in [-0.2, -0.15) is 0 Å². The minimum atomic E-state index is 0.275. The molecule has 1 aliphatic heterocycles. The molecule has 2 rings (SSSR count). The molecule has 0 radical (unpaired) electrons. The van der Waals surface area contributed by atoms with Gasteiger partial charge in [0.25, 0.3) is 0 Å². The summed E-state index contributed by atoms with van der Waals surface area (Å²) in [5.41, 5.74) is 0. The summed E-state index contributed by atoms with van der Waals surface area (Å²) in [7, 11) is 0. The van der Waals surface area contributed by atoms with Crippen molar-refractivity contribution >= 4 is 20.4 Å². The first-order valence-corrected chi connectivity index (χ1v) is 6.05. The standard InChI is InChI=1S/C9H11NOSe/c11-9(8-4-3-7-12-8)10-5-1-2-6-10/h3-4,7H,1-2,5-6H2.